The molecule has 2 heterocycles. The number of aromatic nitrogens is 4. The molecule has 0 atom stereocenters. The lowest BCUT2D eigenvalue weighted by molar-refractivity contribution is -0.384. The number of imidazole rings is 1. The molecule has 0 saturated carbocycles. The van der Waals surface area contributed by atoms with Crippen LogP contribution in [0.15, 0.2) is 46.2 Å². The first kappa shape index (κ1) is 19.3. The second kappa shape index (κ2) is 8.97. The van der Waals surface area contributed by atoms with Crippen molar-refractivity contribution in [2.75, 3.05) is 16.8 Å². The largest absolute Gasteiger partial charge is 0.300 e. The maximum Gasteiger partial charge on any atom is 0.269 e. The average Bonchev–Trinajstić information content (AvgIpc) is 3.30. The first-order valence-electron chi connectivity index (χ1n) is 7.74. The van der Waals surface area contributed by atoms with Crippen molar-refractivity contribution in [2.24, 2.45) is 0 Å². The molecule has 0 bridgehead atoms. The van der Waals surface area contributed by atoms with Gasteiger partial charge in [0, 0.05) is 30.2 Å². The molecule has 0 fully saturated rings. The summed E-state index contributed by atoms with van der Waals surface area (Å²) >= 11 is 4.17. The van der Waals surface area contributed by atoms with Gasteiger partial charge in [0.2, 0.25) is 11.0 Å². The van der Waals surface area contributed by atoms with Gasteiger partial charge in [-0.2, -0.15) is 0 Å². The maximum absolute atomic E-state index is 12.1. The predicted molar refractivity (Wildman–Crippen MR) is 106 cm³/mol. The second-order valence-electron chi connectivity index (χ2n) is 5.00. The number of anilines is 1. The van der Waals surface area contributed by atoms with Crippen LogP contribution in [-0.2, 0) is 4.79 Å². The summed E-state index contributed by atoms with van der Waals surface area (Å²) in [6, 6.07) is 6.13. The summed E-state index contributed by atoms with van der Waals surface area (Å²) in [5.74, 6) is 0.839. The molecule has 0 radical (unpaired) electrons. The summed E-state index contributed by atoms with van der Waals surface area (Å²) in [7, 11) is 0. The number of nitrogens with zero attached hydrogens (tertiary/aromatic N) is 5. The molecule has 3 rings (SSSR count). The van der Waals surface area contributed by atoms with Crippen LogP contribution in [0.3, 0.4) is 0 Å². The number of rotatable bonds is 8. The third kappa shape index (κ3) is 5.05. The van der Waals surface area contributed by atoms with Gasteiger partial charge in [0.05, 0.1) is 10.7 Å². The zero-order valence-electron chi connectivity index (χ0n) is 14.1. The lowest BCUT2D eigenvalue weighted by atomic mass is 10.3. The van der Waals surface area contributed by atoms with Gasteiger partial charge >= 0.3 is 0 Å². The zero-order valence-corrected chi connectivity index (χ0v) is 16.5. The van der Waals surface area contributed by atoms with Crippen LogP contribution >= 0.6 is 34.9 Å². The topological polar surface area (TPSA) is 116 Å². The van der Waals surface area contributed by atoms with Crippen molar-refractivity contribution < 1.29 is 9.72 Å². The fraction of sp³-hybridized carbons (Fsp3) is 0.200. The van der Waals surface area contributed by atoms with Crippen LogP contribution in [0.5, 0.6) is 0 Å². The van der Waals surface area contributed by atoms with E-state index in [2.05, 4.69) is 20.5 Å². The van der Waals surface area contributed by atoms with Crippen LogP contribution in [0.25, 0.3) is 5.69 Å². The minimum Gasteiger partial charge on any atom is -0.300 e. The molecule has 0 aliphatic heterocycles. The fourth-order valence-corrected chi connectivity index (χ4v) is 4.49. The zero-order chi connectivity index (χ0) is 19.2. The van der Waals surface area contributed by atoms with E-state index in [1.165, 1.54) is 35.2 Å². The number of hydrogen-bond donors (Lipinski definition) is 1. The van der Waals surface area contributed by atoms with E-state index in [1.54, 1.807) is 40.9 Å². The molecule has 1 N–H and O–H groups in total. The Bertz CT molecular complexity index is 940. The van der Waals surface area contributed by atoms with E-state index in [0.717, 1.165) is 15.8 Å². The summed E-state index contributed by atoms with van der Waals surface area (Å²) < 4.78 is 2.58. The van der Waals surface area contributed by atoms with Crippen molar-refractivity contribution in [3.05, 3.63) is 46.8 Å². The Kier molecular flexibility index (Phi) is 6.42. The van der Waals surface area contributed by atoms with Gasteiger partial charge < -0.3 is 0 Å². The number of amides is 1. The molecular weight excluding hydrogens is 408 g/mol. The molecule has 2 aromatic heterocycles. The molecule has 0 spiro atoms. The van der Waals surface area contributed by atoms with Crippen LogP contribution in [0.1, 0.15) is 6.92 Å². The summed E-state index contributed by atoms with van der Waals surface area (Å²) in [6.45, 7) is 2.02. The molecule has 12 heteroatoms. The number of hydrogen-bond acceptors (Lipinski definition) is 9. The molecule has 0 saturated heterocycles. The lowest BCUT2D eigenvalue weighted by Crippen LogP contribution is -2.14. The average molecular weight is 423 g/mol. The molecule has 3 aromatic rings. The first-order valence-corrected chi connectivity index (χ1v) is 10.5. The van der Waals surface area contributed by atoms with E-state index < -0.39 is 4.92 Å². The van der Waals surface area contributed by atoms with Gasteiger partial charge in [0.15, 0.2) is 9.50 Å². The predicted octanol–water partition coefficient (Wildman–Crippen LogP) is 3.47. The van der Waals surface area contributed by atoms with Crippen LogP contribution in [0.4, 0.5) is 10.8 Å². The van der Waals surface area contributed by atoms with E-state index in [4.69, 9.17) is 0 Å². The van der Waals surface area contributed by atoms with E-state index >= 15 is 0 Å². The molecule has 0 aliphatic rings. The molecule has 0 aliphatic carbocycles. The van der Waals surface area contributed by atoms with Crippen molar-refractivity contribution >= 4 is 51.6 Å². The summed E-state index contributed by atoms with van der Waals surface area (Å²) in [5, 5.41) is 22.5. The Balaban J connectivity index is 1.60. The summed E-state index contributed by atoms with van der Waals surface area (Å²) in [5.41, 5.74) is 0.747. The number of non-ortho nitro benzene ring substituents is 1. The number of nitro benzene ring substituents is 1. The number of thioether (sulfide) groups is 2. The highest BCUT2D eigenvalue weighted by molar-refractivity contribution is 8.01. The SMILES string of the molecule is CCSc1nnc(NC(=O)CSc2nccn2-c2ccc([N+](=O)[O-])cc2)s1. The number of nitrogens with one attached hydrogen (secondary N) is 1. The highest BCUT2D eigenvalue weighted by Crippen LogP contribution is 2.26. The quantitative estimate of drug-likeness (QED) is 0.254. The Hall–Kier alpha value is -2.44. The maximum atomic E-state index is 12.1. The van der Waals surface area contributed by atoms with Crippen LogP contribution in [0.2, 0.25) is 0 Å². The summed E-state index contributed by atoms with van der Waals surface area (Å²) in [4.78, 5) is 26.7. The molecule has 27 heavy (non-hydrogen) atoms. The Labute approximate surface area is 166 Å². The molecule has 140 valence electrons. The number of carbonyl (C=O) groups is 1. The van der Waals surface area contributed by atoms with Gasteiger partial charge in [0.1, 0.15) is 0 Å². The Morgan fingerprint density at radius 1 is 1.30 bits per heavy atom. The van der Waals surface area contributed by atoms with E-state index in [9.17, 15) is 14.9 Å². The van der Waals surface area contributed by atoms with Gasteiger partial charge in [-0.1, -0.05) is 41.8 Å². The normalized spacial score (nSPS) is 10.7. The monoisotopic (exact) mass is 422 g/mol. The molecule has 0 unspecified atom stereocenters. The Morgan fingerprint density at radius 3 is 2.78 bits per heavy atom. The van der Waals surface area contributed by atoms with Crippen LogP contribution in [0, 0.1) is 10.1 Å². The third-order valence-corrected chi connectivity index (χ3v) is 6.02. The van der Waals surface area contributed by atoms with Crippen molar-refractivity contribution in [2.45, 2.75) is 16.4 Å². The van der Waals surface area contributed by atoms with Gasteiger partial charge in [-0.05, 0) is 17.9 Å². The third-order valence-electron chi connectivity index (χ3n) is 3.20. The molecule has 1 amide bonds. The minimum absolute atomic E-state index is 0.0186. The fourth-order valence-electron chi connectivity index (χ4n) is 2.06. The smallest absolute Gasteiger partial charge is 0.269 e. The molecule has 9 nitrogen and oxygen atoms in total. The number of carbonyl (C=O) groups excluding carboxylic acids is 1. The van der Waals surface area contributed by atoms with Crippen molar-refractivity contribution in [3.8, 4) is 5.69 Å². The number of benzene rings is 1. The van der Waals surface area contributed by atoms with Gasteiger partial charge in [-0.15, -0.1) is 10.2 Å². The van der Waals surface area contributed by atoms with Crippen molar-refractivity contribution in [1.82, 2.24) is 19.7 Å². The van der Waals surface area contributed by atoms with E-state index in [-0.39, 0.29) is 17.3 Å². The van der Waals surface area contributed by atoms with Gasteiger partial charge in [-0.3, -0.25) is 24.8 Å². The van der Waals surface area contributed by atoms with E-state index in [1.807, 2.05) is 6.92 Å². The first-order chi connectivity index (χ1) is 13.1. The second-order valence-corrected chi connectivity index (χ2v) is 8.43. The minimum atomic E-state index is -0.449. The lowest BCUT2D eigenvalue weighted by Gasteiger charge is -2.07. The number of nitro groups is 1. The highest BCUT2D eigenvalue weighted by atomic mass is 32.2. The summed E-state index contributed by atoms with van der Waals surface area (Å²) in [6.07, 6.45) is 3.35. The standard InChI is InChI=1S/C15H14N6O3S3/c1-2-25-15-19-18-13(27-15)17-12(22)9-26-14-16-7-8-20(14)10-3-5-11(6-4-10)21(23)24/h3-8H,2,9H2,1H3,(H,17,18,22). The van der Waals surface area contributed by atoms with Gasteiger partial charge in [-0.25, -0.2) is 4.98 Å². The van der Waals surface area contributed by atoms with E-state index in [0.29, 0.717) is 10.3 Å². The molecule has 1 aromatic carbocycles. The van der Waals surface area contributed by atoms with Crippen LogP contribution in [-0.4, -0.2) is 42.1 Å². The Morgan fingerprint density at radius 2 is 2.07 bits per heavy atom. The van der Waals surface area contributed by atoms with Crippen LogP contribution < -0.4 is 5.32 Å². The van der Waals surface area contributed by atoms with Crippen molar-refractivity contribution in [1.29, 1.82) is 0 Å². The van der Waals surface area contributed by atoms with Gasteiger partial charge in [0.25, 0.3) is 5.69 Å². The van der Waals surface area contributed by atoms with Crippen molar-refractivity contribution in [3.63, 3.8) is 0 Å². The molecular formula is C15H14N6O3S3. The highest BCUT2D eigenvalue weighted by Gasteiger charge is 2.12.